The van der Waals surface area contributed by atoms with Gasteiger partial charge >= 0.3 is 0 Å². The molecule has 0 N–H and O–H groups in total. The van der Waals surface area contributed by atoms with Crippen molar-refractivity contribution in [2.75, 3.05) is 7.05 Å². The van der Waals surface area contributed by atoms with Crippen molar-refractivity contribution >= 4 is 5.91 Å². The Labute approximate surface area is 161 Å². The molecule has 1 amide bonds. The van der Waals surface area contributed by atoms with E-state index in [0.717, 1.165) is 22.6 Å². The van der Waals surface area contributed by atoms with E-state index < -0.39 is 0 Å². The van der Waals surface area contributed by atoms with Crippen LogP contribution in [0.5, 0.6) is 0 Å². The number of para-hydroxylation sites is 1. The molecule has 1 aromatic heterocycles. The second kappa shape index (κ2) is 7.78. The lowest BCUT2D eigenvalue weighted by atomic mass is 10.0. The molecule has 0 aliphatic carbocycles. The van der Waals surface area contributed by atoms with Crippen LogP contribution in [0.25, 0.3) is 5.69 Å². The number of aryl methyl sites for hydroxylation is 3. The first-order chi connectivity index (χ1) is 12.9. The second-order valence-corrected chi connectivity index (χ2v) is 7.25. The Kier molecular flexibility index (Phi) is 5.45. The minimum atomic E-state index is 0.105. The third-order valence-electron chi connectivity index (χ3n) is 5.10. The summed E-state index contributed by atoms with van der Waals surface area (Å²) in [5, 5.41) is 4.65. The van der Waals surface area contributed by atoms with E-state index in [1.165, 1.54) is 16.7 Å². The fraction of sp³-hybridized carbons (Fsp3) is 0.304. The standard InChI is InChI=1S/C23H27N3O/c1-16-11-12-20(17(2)13-16)15-25(5)23(27)14-22-18(3)24-26(19(22)4)21-9-7-6-8-10-21/h6-13H,14-15H2,1-5H3. The Balaban J connectivity index is 1.77. The summed E-state index contributed by atoms with van der Waals surface area (Å²) < 4.78 is 1.92. The number of likely N-dealkylation sites (N-methyl/N-ethyl adjacent to an activating group) is 1. The molecule has 0 atom stereocenters. The molecule has 0 unspecified atom stereocenters. The number of rotatable bonds is 5. The van der Waals surface area contributed by atoms with Crippen molar-refractivity contribution in [2.24, 2.45) is 0 Å². The molecule has 140 valence electrons. The number of nitrogens with zero attached hydrogens (tertiary/aromatic N) is 3. The highest BCUT2D eigenvalue weighted by molar-refractivity contribution is 5.79. The number of carbonyl (C=O) groups excluding carboxylic acids is 1. The van der Waals surface area contributed by atoms with E-state index >= 15 is 0 Å². The molecule has 0 aliphatic rings. The van der Waals surface area contributed by atoms with Crippen LogP contribution >= 0.6 is 0 Å². The quantitative estimate of drug-likeness (QED) is 0.679. The van der Waals surface area contributed by atoms with E-state index in [-0.39, 0.29) is 5.91 Å². The lowest BCUT2D eigenvalue weighted by molar-refractivity contribution is -0.129. The van der Waals surface area contributed by atoms with Crippen molar-refractivity contribution in [3.05, 3.63) is 82.2 Å². The predicted octanol–water partition coefficient (Wildman–Crippen LogP) is 4.31. The van der Waals surface area contributed by atoms with Crippen LogP contribution in [0.3, 0.4) is 0 Å². The summed E-state index contributed by atoms with van der Waals surface area (Å²) >= 11 is 0. The minimum absolute atomic E-state index is 0.105. The summed E-state index contributed by atoms with van der Waals surface area (Å²) in [5.74, 6) is 0.105. The molecule has 0 bridgehead atoms. The lowest BCUT2D eigenvalue weighted by Crippen LogP contribution is -2.28. The summed E-state index contributed by atoms with van der Waals surface area (Å²) in [7, 11) is 1.87. The fourth-order valence-corrected chi connectivity index (χ4v) is 3.40. The molecule has 4 nitrogen and oxygen atoms in total. The number of amides is 1. The highest BCUT2D eigenvalue weighted by Gasteiger charge is 2.18. The third kappa shape index (κ3) is 4.11. The minimum Gasteiger partial charge on any atom is -0.341 e. The van der Waals surface area contributed by atoms with Gasteiger partial charge in [-0.2, -0.15) is 5.10 Å². The monoisotopic (exact) mass is 361 g/mol. The lowest BCUT2D eigenvalue weighted by Gasteiger charge is -2.19. The topological polar surface area (TPSA) is 38.1 Å². The first-order valence-electron chi connectivity index (χ1n) is 9.27. The van der Waals surface area contributed by atoms with Crippen molar-refractivity contribution in [3.8, 4) is 5.69 Å². The van der Waals surface area contributed by atoms with Gasteiger partial charge in [0.15, 0.2) is 0 Å². The molecule has 0 radical (unpaired) electrons. The Morgan fingerprint density at radius 1 is 1.04 bits per heavy atom. The molecular formula is C23H27N3O. The van der Waals surface area contributed by atoms with Gasteiger partial charge in [0, 0.05) is 24.8 Å². The Bertz CT molecular complexity index is 957. The maximum atomic E-state index is 12.8. The number of hydrogen-bond donors (Lipinski definition) is 0. The van der Waals surface area contributed by atoms with E-state index in [9.17, 15) is 4.79 Å². The third-order valence-corrected chi connectivity index (χ3v) is 5.10. The maximum absolute atomic E-state index is 12.8. The number of hydrogen-bond acceptors (Lipinski definition) is 2. The van der Waals surface area contributed by atoms with Crippen molar-refractivity contribution < 1.29 is 4.79 Å². The average molecular weight is 361 g/mol. The van der Waals surface area contributed by atoms with Crippen LogP contribution in [-0.2, 0) is 17.8 Å². The largest absolute Gasteiger partial charge is 0.341 e. The molecule has 0 aliphatic heterocycles. The van der Waals surface area contributed by atoms with E-state index in [4.69, 9.17) is 0 Å². The predicted molar refractivity (Wildman–Crippen MR) is 109 cm³/mol. The smallest absolute Gasteiger partial charge is 0.227 e. The van der Waals surface area contributed by atoms with E-state index in [0.29, 0.717) is 13.0 Å². The van der Waals surface area contributed by atoms with E-state index in [1.807, 2.05) is 55.9 Å². The van der Waals surface area contributed by atoms with Crippen LogP contribution in [0.4, 0.5) is 0 Å². The number of carbonyl (C=O) groups is 1. The van der Waals surface area contributed by atoms with Gasteiger partial charge in [-0.1, -0.05) is 42.0 Å². The van der Waals surface area contributed by atoms with Gasteiger partial charge in [-0.05, 0) is 51.0 Å². The molecule has 0 fully saturated rings. The highest BCUT2D eigenvalue weighted by Crippen LogP contribution is 2.20. The molecule has 0 saturated heterocycles. The Hall–Kier alpha value is -2.88. The molecular weight excluding hydrogens is 334 g/mol. The van der Waals surface area contributed by atoms with Crippen LogP contribution in [0, 0.1) is 27.7 Å². The van der Waals surface area contributed by atoms with Crippen molar-refractivity contribution in [1.82, 2.24) is 14.7 Å². The fourth-order valence-electron chi connectivity index (χ4n) is 3.40. The Morgan fingerprint density at radius 2 is 1.74 bits per heavy atom. The highest BCUT2D eigenvalue weighted by atomic mass is 16.2. The van der Waals surface area contributed by atoms with Crippen LogP contribution in [0.2, 0.25) is 0 Å². The molecule has 27 heavy (non-hydrogen) atoms. The van der Waals surface area contributed by atoms with Gasteiger partial charge in [-0.25, -0.2) is 4.68 Å². The SMILES string of the molecule is Cc1ccc(CN(C)C(=O)Cc2c(C)nn(-c3ccccc3)c2C)c(C)c1. The van der Waals surface area contributed by atoms with Gasteiger partial charge in [-0.15, -0.1) is 0 Å². The molecule has 0 saturated carbocycles. The van der Waals surface area contributed by atoms with Crippen LogP contribution in [-0.4, -0.2) is 27.6 Å². The second-order valence-electron chi connectivity index (χ2n) is 7.25. The van der Waals surface area contributed by atoms with Crippen LogP contribution in [0.1, 0.15) is 33.6 Å². The zero-order chi connectivity index (χ0) is 19.6. The van der Waals surface area contributed by atoms with Gasteiger partial charge in [0.25, 0.3) is 0 Å². The average Bonchev–Trinajstić information content (AvgIpc) is 2.93. The molecule has 4 heteroatoms. The summed E-state index contributed by atoms with van der Waals surface area (Å²) in [6, 6.07) is 16.4. The number of benzene rings is 2. The first-order valence-corrected chi connectivity index (χ1v) is 9.27. The van der Waals surface area contributed by atoms with Gasteiger partial charge in [0.2, 0.25) is 5.91 Å². The molecule has 3 rings (SSSR count). The molecule has 0 spiro atoms. The summed E-state index contributed by atoms with van der Waals surface area (Å²) in [5.41, 5.74) is 7.60. The first kappa shape index (κ1) is 18.9. The summed E-state index contributed by atoms with van der Waals surface area (Å²) in [4.78, 5) is 14.6. The summed E-state index contributed by atoms with van der Waals surface area (Å²) in [6.07, 6.45) is 0.367. The summed E-state index contributed by atoms with van der Waals surface area (Å²) in [6.45, 7) is 8.80. The van der Waals surface area contributed by atoms with Crippen LogP contribution in [0.15, 0.2) is 48.5 Å². The van der Waals surface area contributed by atoms with E-state index in [1.54, 1.807) is 4.90 Å². The Morgan fingerprint density at radius 3 is 2.41 bits per heavy atom. The molecule has 1 heterocycles. The van der Waals surface area contributed by atoms with Crippen LogP contribution < -0.4 is 0 Å². The zero-order valence-electron chi connectivity index (χ0n) is 16.8. The number of aromatic nitrogens is 2. The van der Waals surface area contributed by atoms with E-state index in [2.05, 4.69) is 37.1 Å². The molecule has 2 aromatic carbocycles. The van der Waals surface area contributed by atoms with Gasteiger partial charge in [0.1, 0.15) is 0 Å². The normalized spacial score (nSPS) is 10.9. The van der Waals surface area contributed by atoms with Gasteiger partial charge in [0.05, 0.1) is 17.8 Å². The molecule has 3 aromatic rings. The van der Waals surface area contributed by atoms with Gasteiger partial charge < -0.3 is 4.90 Å². The maximum Gasteiger partial charge on any atom is 0.227 e. The van der Waals surface area contributed by atoms with Crippen molar-refractivity contribution in [1.29, 1.82) is 0 Å². The zero-order valence-corrected chi connectivity index (χ0v) is 16.8. The van der Waals surface area contributed by atoms with Crippen molar-refractivity contribution in [2.45, 2.75) is 40.7 Å². The van der Waals surface area contributed by atoms with Gasteiger partial charge in [-0.3, -0.25) is 4.79 Å². The van der Waals surface area contributed by atoms with Crippen molar-refractivity contribution in [3.63, 3.8) is 0 Å².